The Morgan fingerprint density at radius 1 is 1.33 bits per heavy atom. The SMILES string of the molecule is O=S1(=O)CCCCN1Cl. The zero-order valence-electron chi connectivity index (χ0n) is 4.88. The first-order chi connectivity index (χ1) is 4.13. The molecule has 1 aliphatic rings. The number of hydrogen-bond donors (Lipinski definition) is 0. The van der Waals surface area contributed by atoms with Crippen molar-refractivity contribution < 1.29 is 8.42 Å². The second kappa shape index (κ2) is 2.44. The highest BCUT2D eigenvalue weighted by Gasteiger charge is 2.23. The summed E-state index contributed by atoms with van der Waals surface area (Å²) in [5.74, 6) is 0.205. The molecule has 9 heavy (non-hydrogen) atoms. The number of hydrogen-bond acceptors (Lipinski definition) is 2. The van der Waals surface area contributed by atoms with Gasteiger partial charge in [-0.15, -0.1) is 3.82 Å². The van der Waals surface area contributed by atoms with Gasteiger partial charge in [0.05, 0.1) is 5.75 Å². The van der Waals surface area contributed by atoms with E-state index in [1.165, 1.54) is 0 Å². The number of sulfonamides is 1. The molecule has 0 aromatic carbocycles. The lowest BCUT2D eigenvalue weighted by Crippen LogP contribution is -2.30. The minimum absolute atomic E-state index is 0.205. The molecule has 0 aliphatic carbocycles. The van der Waals surface area contributed by atoms with Crippen molar-refractivity contribution in [3.8, 4) is 0 Å². The van der Waals surface area contributed by atoms with Gasteiger partial charge in [0.25, 0.3) is 0 Å². The fourth-order valence-electron chi connectivity index (χ4n) is 0.759. The molecule has 0 atom stereocenters. The molecule has 0 N–H and O–H groups in total. The Bertz CT molecular complexity index is 189. The van der Waals surface area contributed by atoms with Gasteiger partial charge in [0, 0.05) is 6.54 Å². The predicted octanol–water partition coefficient (Wildman–Crippen LogP) is 0.566. The highest BCUT2D eigenvalue weighted by Crippen LogP contribution is 2.14. The Balaban J connectivity index is 2.72. The van der Waals surface area contributed by atoms with Crippen molar-refractivity contribution in [2.24, 2.45) is 0 Å². The van der Waals surface area contributed by atoms with E-state index in [4.69, 9.17) is 11.8 Å². The molecule has 0 aromatic heterocycles. The van der Waals surface area contributed by atoms with Crippen LogP contribution in [0.3, 0.4) is 0 Å². The van der Waals surface area contributed by atoms with Crippen LogP contribution in [0.1, 0.15) is 12.8 Å². The van der Waals surface area contributed by atoms with Crippen molar-refractivity contribution in [3.05, 3.63) is 0 Å². The van der Waals surface area contributed by atoms with Crippen LogP contribution >= 0.6 is 11.8 Å². The molecule has 0 radical (unpaired) electrons. The van der Waals surface area contributed by atoms with Gasteiger partial charge in [-0.1, -0.05) is 0 Å². The van der Waals surface area contributed by atoms with Crippen LogP contribution in [-0.4, -0.2) is 24.5 Å². The first-order valence-electron chi connectivity index (χ1n) is 2.79. The largest absolute Gasteiger partial charge is 0.227 e. The zero-order valence-corrected chi connectivity index (χ0v) is 6.45. The maximum absolute atomic E-state index is 10.8. The van der Waals surface area contributed by atoms with Crippen LogP contribution in [0.4, 0.5) is 0 Å². The first-order valence-corrected chi connectivity index (χ1v) is 4.74. The van der Waals surface area contributed by atoms with Gasteiger partial charge in [0.2, 0.25) is 10.0 Å². The van der Waals surface area contributed by atoms with E-state index in [0.717, 1.165) is 16.7 Å². The van der Waals surface area contributed by atoms with Crippen LogP contribution < -0.4 is 0 Å². The van der Waals surface area contributed by atoms with E-state index in [1.54, 1.807) is 0 Å². The number of halogens is 1. The van der Waals surface area contributed by atoms with E-state index in [1.807, 2.05) is 0 Å². The molecule has 0 spiro atoms. The monoisotopic (exact) mass is 169 g/mol. The van der Waals surface area contributed by atoms with Gasteiger partial charge in [0.1, 0.15) is 0 Å². The van der Waals surface area contributed by atoms with Crippen LogP contribution in [0, 0.1) is 0 Å². The smallest absolute Gasteiger partial charge is 0.211 e. The predicted molar refractivity (Wildman–Crippen MR) is 35.6 cm³/mol. The average Bonchev–Trinajstić information content (AvgIpc) is 1.77. The summed E-state index contributed by atoms with van der Waals surface area (Å²) in [5.41, 5.74) is 0. The van der Waals surface area contributed by atoms with E-state index in [9.17, 15) is 8.42 Å². The van der Waals surface area contributed by atoms with Crippen molar-refractivity contribution in [1.29, 1.82) is 0 Å². The second-order valence-corrected chi connectivity index (χ2v) is 4.66. The molecule has 1 saturated heterocycles. The number of nitrogens with zero attached hydrogens (tertiary/aromatic N) is 1. The summed E-state index contributed by atoms with van der Waals surface area (Å²) in [6, 6.07) is 0. The molecule has 54 valence electrons. The molecule has 1 heterocycles. The summed E-state index contributed by atoms with van der Waals surface area (Å²) in [7, 11) is -3.06. The van der Waals surface area contributed by atoms with Gasteiger partial charge < -0.3 is 0 Å². The van der Waals surface area contributed by atoms with E-state index >= 15 is 0 Å². The van der Waals surface area contributed by atoms with Crippen molar-refractivity contribution >= 4 is 21.8 Å². The van der Waals surface area contributed by atoms with Crippen molar-refractivity contribution in [1.82, 2.24) is 3.82 Å². The third-order valence-electron chi connectivity index (χ3n) is 1.29. The van der Waals surface area contributed by atoms with Crippen molar-refractivity contribution in [2.75, 3.05) is 12.3 Å². The maximum atomic E-state index is 10.8. The molecule has 1 fully saturated rings. The van der Waals surface area contributed by atoms with Crippen LogP contribution in [0.5, 0.6) is 0 Å². The first kappa shape index (κ1) is 7.31. The summed E-state index contributed by atoms with van der Waals surface area (Å²) in [4.78, 5) is 0. The Morgan fingerprint density at radius 3 is 2.33 bits per heavy atom. The van der Waals surface area contributed by atoms with Gasteiger partial charge in [-0.25, -0.2) is 8.42 Å². The maximum Gasteiger partial charge on any atom is 0.227 e. The topological polar surface area (TPSA) is 37.4 Å². The van der Waals surface area contributed by atoms with Gasteiger partial charge in [-0.3, -0.25) is 0 Å². The molecule has 0 amide bonds. The Labute approximate surface area is 59.8 Å². The average molecular weight is 170 g/mol. The minimum atomic E-state index is -3.06. The lowest BCUT2D eigenvalue weighted by molar-refractivity contribution is 0.501. The van der Waals surface area contributed by atoms with E-state index in [0.29, 0.717) is 6.54 Å². The summed E-state index contributed by atoms with van der Waals surface area (Å²) >= 11 is 5.35. The zero-order chi connectivity index (χ0) is 6.91. The third-order valence-corrected chi connectivity index (χ3v) is 3.68. The van der Waals surface area contributed by atoms with E-state index < -0.39 is 10.0 Å². The molecule has 1 aliphatic heterocycles. The Hall–Kier alpha value is 0.200. The highest BCUT2D eigenvalue weighted by atomic mass is 35.5. The van der Waals surface area contributed by atoms with Gasteiger partial charge in [-0.2, -0.15) is 0 Å². The fourth-order valence-corrected chi connectivity index (χ4v) is 2.26. The number of rotatable bonds is 0. The molecule has 0 unspecified atom stereocenters. The molecule has 5 heteroatoms. The lowest BCUT2D eigenvalue weighted by atomic mass is 10.3. The van der Waals surface area contributed by atoms with Crippen molar-refractivity contribution in [3.63, 3.8) is 0 Å². The normalized spacial score (nSPS) is 28.1. The standard InChI is InChI=1S/C4H8ClNO2S/c5-6-3-1-2-4-9(6,7)8/h1-4H2. The van der Waals surface area contributed by atoms with Crippen LogP contribution in [-0.2, 0) is 10.0 Å². The third kappa shape index (κ3) is 1.56. The molecule has 1 rings (SSSR count). The Kier molecular flexibility index (Phi) is 1.98. The molecular formula is C4H8ClNO2S. The van der Waals surface area contributed by atoms with E-state index in [-0.39, 0.29) is 5.75 Å². The van der Waals surface area contributed by atoms with Crippen LogP contribution in [0.2, 0.25) is 0 Å². The van der Waals surface area contributed by atoms with Crippen LogP contribution in [0.15, 0.2) is 0 Å². The molecular weight excluding hydrogens is 162 g/mol. The highest BCUT2D eigenvalue weighted by molar-refractivity contribution is 7.90. The minimum Gasteiger partial charge on any atom is -0.211 e. The molecule has 3 nitrogen and oxygen atoms in total. The van der Waals surface area contributed by atoms with Gasteiger partial charge >= 0.3 is 0 Å². The van der Waals surface area contributed by atoms with Gasteiger partial charge in [0.15, 0.2) is 0 Å². The summed E-state index contributed by atoms with van der Waals surface area (Å²) in [6.45, 7) is 0.462. The summed E-state index contributed by atoms with van der Waals surface area (Å²) in [5, 5.41) is 0. The quantitative estimate of drug-likeness (QED) is 0.497. The van der Waals surface area contributed by atoms with Crippen LogP contribution in [0.25, 0.3) is 0 Å². The molecule has 0 saturated carbocycles. The lowest BCUT2D eigenvalue weighted by Gasteiger charge is -2.18. The fraction of sp³-hybridized carbons (Fsp3) is 1.00. The molecule has 0 bridgehead atoms. The van der Waals surface area contributed by atoms with Crippen molar-refractivity contribution in [2.45, 2.75) is 12.8 Å². The van der Waals surface area contributed by atoms with E-state index in [2.05, 4.69) is 0 Å². The molecule has 0 aromatic rings. The second-order valence-electron chi connectivity index (χ2n) is 2.03. The van der Waals surface area contributed by atoms with Gasteiger partial charge in [-0.05, 0) is 24.6 Å². The Morgan fingerprint density at radius 2 is 2.00 bits per heavy atom. The summed E-state index contributed by atoms with van der Waals surface area (Å²) < 4.78 is 22.5. The summed E-state index contributed by atoms with van der Waals surface area (Å²) in [6.07, 6.45) is 1.62.